The zero-order valence-corrected chi connectivity index (χ0v) is 19.8. The van der Waals surface area contributed by atoms with E-state index >= 15 is 0 Å². The average Bonchev–Trinajstić information content (AvgIpc) is 3.48. The minimum absolute atomic E-state index is 0.215. The van der Waals surface area contributed by atoms with E-state index in [0.29, 0.717) is 6.54 Å². The summed E-state index contributed by atoms with van der Waals surface area (Å²) in [6.07, 6.45) is 10.0. The molecule has 178 valence electrons. The minimum Gasteiger partial charge on any atom is -0.372 e. The van der Waals surface area contributed by atoms with Gasteiger partial charge in [-0.1, -0.05) is 31.4 Å². The van der Waals surface area contributed by atoms with Gasteiger partial charge in [-0.25, -0.2) is 0 Å². The summed E-state index contributed by atoms with van der Waals surface area (Å²) >= 11 is 0. The molecule has 2 fully saturated rings. The highest BCUT2D eigenvalue weighted by molar-refractivity contribution is 5.78. The fourth-order valence-electron chi connectivity index (χ4n) is 5.62. The van der Waals surface area contributed by atoms with E-state index < -0.39 is 0 Å². The van der Waals surface area contributed by atoms with Crippen LogP contribution in [0.1, 0.15) is 62.2 Å². The molecule has 3 aliphatic rings. The third-order valence-corrected chi connectivity index (χ3v) is 7.63. The van der Waals surface area contributed by atoms with Crippen LogP contribution in [-0.4, -0.2) is 58.3 Å². The second-order valence-corrected chi connectivity index (χ2v) is 9.95. The fourth-order valence-corrected chi connectivity index (χ4v) is 5.62. The topological polar surface area (TPSA) is 66.3 Å². The first kappa shape index (κ1) is 22.4. The summed E-state index contributed by atoms with van der Waals surface area (Å²) in [5, 5.41) is 12.1. The van der Waals surface area contributed by atoms with Crippen LogP contribution in [0.4, 0.5) is 5.69 Å². The second-order valence-electron chi connectivity index (χ2n) is 9.95. The van der Waals surface area contributed by atoms with Gasteiger partial charge in [-0.2, -0.15) is 0 Å². The van der Waals surface area contributed by atoms with Crippen LogP contribution >= 0.6 is 0 Å². The molecule has 0 atom stereocenters. The van der Waals surface area contributed by atoms with Crippen LogP contribution < -0.4 is 10.2 Å². The molecule has 2 aliphatic heterocycles. The number of fused-ring (bicyclic) bond motifs is 1. The number of rotatable bonds is 7. The Morgan fingerprint density at radius 1 is 0.909 bits per heavy atom. The van der Waals surface area contributed by atoms with Gasteiger partial charge in [-0.3, -0.25) is 9.69 Å². The van der Waals surface area contributed by atoms with E-state index in [0.717, 1.165) is 63.5 Å². The van der Waals surface area contributed by atoms with Gasteiger partial charge < -0.3 is 14.8 Å². The molecule has 1 aliphatic carbocycles. The Morgan fingerprint density at radius 3 is 2.48 bits per heavy atom. The van der Waals surface area contributed by atoms with Crippen LogP contribution in [0.5, 0.6) is 0 Å². The lowest BCUT2D eigenvalue weighted by molar-refractivity contribution is -0.125. The molecule has 1 saturated carbocycles. The fraction of sp³-hybridized carbons (Fsp3) is 0.654. The summed E-state index contributed by atoms with van der Waals surface area (Å²) in [6.45, 7) is 6.94. The lowest BCUT2D eigenvalue weighted by atomic mass is 9.89. The molecule has 5 rings (SSSR count). The zero-order valence-electron chi connectivity index (χ0n) is 19.8. The molecule has 1 amide bonds. The van der Waals surface area contributed by atoms with Crippen molar-refractivity contribution in [1.82, 2.24) is 25.0 Å². The van der Waals surface area contributed by atoms with E-state index in [2.05, 4.69) is 54.1 Å². The Bertz CT molecular complexity index is 911. The van der Waals surface area contributed by atoms with E-state index in [4.69, 9.17) is 0 Å². The molecule has 1 aromatic carbocycles. The lowest BCUT2D eigenvalue weighted by Crippen LogP contribution is -2.33. The molecule has 1 aromatic heterocycles. The highest BCUT2D eigenvalue weighted by atomic mass is 16.1. The van der Waals surface area contributed by atoms with Crippen molar-refractivity contribution < 1.29 is 4.79 Å². The van der Waals surface area contributed by atoms with Crippen molar-refractivity contribution in [3.8, 4) is 0 Å². The van der Waals surface area contributed by atoms with Crippen molar-refractivity contribution >= 4 is 11.6 Å². The van der Waals surface area contributed by atoms with Gasteiger partial charge in [-0.05, 0) is 43.4 Å². The lowest BCUT2D eigenvalue weighted by Gasteiger charge is -2.21. The number of hydrogen-bond donors (Lipinski definition) is 1. The predicted molar refractivity (Wildman–Crippen MR) is 130 cm³/mol. The molecule has 33 heavy (non-hydrogen) atoms. The Hall–Kier alpha value is -2.41. The molecule has 0 bridgehead atoms. The first-order valence-electron chi connectivity index (χ1n) is 13.0. The number of aromatic nitrogens is 3. The quantitative estimate of drug-likeness (QED) is 0.702. The third-order valence-electron chi connectivity index (χ3n) is 7.63. The summed E-state index contributed by atoms with van der Waals surface area (Å²) < 4.78 is 2.28. The predicted octanol–water partition coefficient (Wildman–Crippen LogP) is 3.18. The molecule has 1 N–H and O–H groups in total. The van der Waals surface area contributed by atoms with E-state index in [1.54, 1.807) is 0 Å². The average molecular weight is 451 g/mol. The standard InChI is InChI=1S/C26H38N6O/c33-26(22-6-2-1-3-7-22)27-14-12-24-28-29-25-13-17-30(18-19-32(24)25)20-21-8-10-23(11-9-21)31-15-4-5-16-31/h8-11,22H,1-7,12-20H2,(H,27,33). The monoisotopic (exact) mass is 450 g/mol. The Kier molecular flexibility index (Phi) is 7.24. The largest absolute Gasteiger partial charge is 0.372 e. The summed E-state index contributed by atoms with van der Waals surface area (Å²) in [4.78, 5) is 17.4. The van der Waals surface area contributed by atoms with Crippen LogP contribution in [0.15, 0.2) is 24.3 Å². The van der Waals surface area contributed by atoms with E-state index in [1.807, 2.05) is 0 Å². The number of anilines is 1. The van der Waals surface area contributed by atoms with Gasteiger partial charge in [0.05, 0.1) is 0 Å². The minimum atomic E-state index is 0.215. The maximum absolute atomic E-state index is 12.4. The number of benzene rings is 1. The van der Waals surface area contributed by atoms with Gasteiger partial charge in [0.1, 0.15) is 11.6 Å². The zero-order chi connectivity index (χ0) is 22.5. The molecule has 7 heteroatoms. The maximum Gasteiger partial charge on any atom is 0.223 e. The molecule has 0 unspecified atom stereocenters. The summed E-state index contributed by atoms with van der Waals surface area (Å²) in [5.74, 6) is 2.53. The first-order valence-corrected chi connectivity index (χ1v) is 13.0. The van der Waals surface area contributed by atoms with Crippen LogP contribution in [-0.2, 0) is 30.7 Å². The van der Waals surface area contributed by atoms with Crippen molar-refractivity contribution in [3.05, 3.63) is 41.5 Å². The molecular formula is C26H38N6O. The van der Waals surface area contributed by atoms with Gasteiger partial charge in [0.15, 0.2) is 0 Å². The van der Waals surface area contributed by atoms with Crippen molar-refractivity contribution in [2.24, 2.45) is 5.92 Å². The smallest absolute Gasteiger partial charge is 0.223 e. The number of hydrogen-bond acceptors (Lipinski definition) is 5. The second kappa shape index (κ2) is 10.7. The SMILES string of the molecule is O=C(NCCc1nnc2n1CCN(Cc1ccc(N3CCCC3)cc1)CC2)C1CCCCC1. The summed E-state index contributed by atoms with van der Waals surface area (Å²) in [7, 11) is 0. The molecule has 7 nitrogen and oxygen atoms in total. The van der Waals surface area contributed by atoms with Gasteiger partial charge in [0.2, 0.25) is 5.91 Å². The van der Waals surface area contributed by atoms with E-state index in [9.17, 15) is 4.79 Å². The summed E-state index contributed by atoms with van der Waals surface area (Å²) in [5.41, 5.74) is 2.74. The van der Waals surface area contributed by atoms with Gasteiger partial charge in [0.25, 0.3) is 0 Å². The number of nitrogens with zero attached hydrogens (tertiary/aromatic N) is 5. The van der Waals surface area contributed by atoms with Crippen molar-refractivity contribution in [1.29, 1.82) is 0 Å². The number of carbonyl (C=O) groups is 1. The van der Waals surface area contributed by atoms with Gasteiger partial charge >= 0.3 is 0 Å². The van der Waals surface area contributed by atoms with E-state index in [1.165, 1.54) is 56.4 Å². The maximum atomic E-state index is 12.4. The molecule has 0 spiro atoms. The van der Waals surface area contributed by atoms with Gasteiger partial charge in [0, 0.05) is 70.3 Å². The first-order chi connectivity index (χ1) is 16.3. The highest BCUT2D eigenvalue weighted by Crippen LogP contribution is 2.24. The highest BCUT2D eigenvalue weighted by Gasteiger charge is 2.22. The third kappa shape index (κ3) is 5.57. The van der Waals surface area contributed by atoms with Gasteiger partial charge in [-0.15, -0.1) is 10.2 Å². The molecule has 0 radical (unpaired) electrons. The van der Waals surface area contributed by atoms with Crippen LogP contribution in [0.3, 0.4) is 0 Å². The Balaban J connectivity index is 1.11. The number of carbonyl (C=O) groups excluding carboxylic acids is 1. The van der Waals surface area contributed by atoms with E-state index in [-0.39, 0.29) is 11.8 Å². The molecular weight excluding hydrogens is 412 g/mol. The van der Waals surface area contributed by atoms with Crippen molar-refractivity contribution in [3.63, 3.8) is 0 Å². The normalized spacial score (nSPS) is 19.9. The Labute approximate surface area is 197 Å². The van der Waals surface area contributed by atoms with Crippen molar-refractivity contribution in [2.75, 3.05) is 37.6 Å². The van der Waals surface area contributed by atoms with Crippen molar-refractivity contribution in [2.45, 2.75) is 70.9 Å². The molecule has 1 saturated heterocycles. The van der Waals surface area contributed by atoms with Crippen LogP contribution in [0.2, 0.25) is 0 Å². The number of nitrogens with one attached hydrogen (secondary N) is 1. The molecule has 3 heterocycles. The number of amides is 1. The Morgan fingerprint density at radius 2 is 1.70 bits per heavy atom. The summed E-state index contributed by atoms with van der Waals surface area (Å²) in [6, 6.07) is 9.15. The van der Waals surface area contributed by atoms with Crippen LogP contribution in [0, 0.1) is 5.92 Å². The molecule has 2 aromatic rings. The van der Waals surface area contributed by atoms with Crippen LogP contribution in [0.25, 0.3) is 0 Å².